The van der Waals surface area contributed by atoms with Crippen LogP contribution in [0.3, 0.4) is 0 Å². The van der Waals surface area contributed by atoms with E-state index in [1.165, 1.54) is 11.0 Å². The van der Waals surface area contributed by atoms with Crippen LogP contribution in [0.25, 0.3) is 0 Å². The van der Waals surface area contributed by atoms with Gasteiger partial charge in [0.15, 0.2) is 11.6 Å². The van der Waals surface area contributed by atoms with Crippen LogP contribution in [-0.2, 0) is 9.59 Å². The van der Waals surface area contributed by atoms with Crippen LogP contribution in [0.4, 0.5) is 20.2 Å². The molecule has 0 aliphatic rings. The molecule has 0 fully saturated rings. The third-order valence-corrected chi connectivity index (χ3v) is 3.52. The lowest BCUT2D eigenvalue weighted by molar-refractivity contribution is -0.118. The smallest absolute Gasteiger partial charge is 0.226 e. The molecule has 0 bridgehead atoms. The van der Waals surface area contributed by atoms with Gasteiger partial charge < -0.3 is 10.2 Å². The zero-order valence-corrected chi connectivity index (χ0v) is 13.3. The van der Waals surface area contributed by atoms with Crippen molar-refractivity contribution in [1.29, 1.82) is 0 Å². The maximum Gasteiger partial charge on any atom is 0.226 e. The van der Waals surface area contributed by atoms with E-state index in [0.29, 0.717) is 6.42 Å². The highest BCUT2D eigenvalue weighted by Gasteiger charge is 2.12. The molecule has 0 unspecified atom stereocenters. The molecular weight excluding hydrogens is 314 g/mol. The molecule has 2 rings (SSSR count). The SMILES string of the molecule is CN(C(=O)CCCC(=O)Nc1ccc(F)c(F)c1)c1ccccc1. The number of nitrogens with zero attached hydrogens (tertiary/aromatic N) is 1. The molecule has 2 aromatic rings. The van der Waals surface area contributed by atoms with Crippen molar-refractivity contribution in [3.05, 3.63) is 60.2 Å². The van der Waals surface area contributed by atoms with Gasteiger partial charge in [0.25, 0.3) is 0 Å². The maximum absolute atomic E-state index is 13.1. The predicted octanol–water partition coefficient (Wildman–Crippen LogP) is 3.74. The summed E-state index contributed by atoms with van der Waals surface area (Å²) >= 11 is 0. The maximum atomic E-state index is 13.1. The number of rotatable bonds is 6. The topological polar surface area (TPSA) is 49.4 Å². The molecule has 0 atom stereocenters. The van der Waals surface area contributed by atoms with Crippen LogP contribution in [0.15, 0.2) is 48.5 Å². The fraction of sp³-hybridized carbons (Fsp3) is 0.222. The van der Waals surface area contributed by atoms with Gasteiger partial charge >= 0.3 is 0 Å². The number of carbonyl (C=O) groups excluding carboxylic acids is 2. The number of anilines is 2. The van der Waals surface area contributed by atoms with Crippen LogP contribution in [0.2, 0.25) is 0 Å². The third-order valence-electron chi connectivity index (χ3n) is 3.52. The average Bonchev–Trinajstić information content (AvgIpc) is 2.58. The largest absolute Gasteiger partial charge is 0.326 e. The fourth-order valence-electron chi connectivity index (χ4n) is 2.16. The predicted molar refractivity (Wildman–Crippen MR) is 88.7 cm³/mol. The second-order valence-corrected chi connectivity index (χ2v) is 5.32. The Morgan fingerprint density at radius 1 is 1.00 bits per heavy atom. The number of hydrogen-bond donors (Lipinski definition) is 1. The minimum absolute atomic E-state index is 0.0955. The molecule has 0 spiro atoms. The quantitative estimate of drug-likeness (QED) is 0.876. The fourth-order valence-corrected chi connectivity index (χ4v) is 2.16. The molecule has 24 heavy (non-hydrogen) atoms. The monoisotopic (exact) mass is 332 g/mol. The highest BCUT2D eigenvalue weighted by molar-refractivity contribution is 5.94. The Balaban J connectivity index is 1.77. The lowest BCUT2D eigenvalue weighted by atomic mass is 10.2. The normalized spacial score (nSPS) is 10.3. The first kappa shape index (κ1) is 17.6. The molecule has 1 N–H and O–H groups in total. The minimum atomic E-state index is -1.02. The Kier molecular flexibility index (Phi) is 6.01. The van der Waals surface area contributed by atoms with Gasteiger partial charge in [0, 0.05) is 37.3 Å². The van der Waals surface area contributed by atoms with Gasteiger partial charge in [-0.25, -0.2) is 8.78 Å². The Labute approximate surface area is 139 Å². The van der Waals surface area contributed by atoms with E-state index in [1.54, 1.807) is 7.05 Å². The van der Waals surface area contributed by atoms with Crippen LogP contribution >= 0.6 is 0 Å². The Bertz CT molecular complexity index is 720. The van der Waals surface area contributed by atoms with Gasteiger partial charge in [-0.3, -0.25) is 9.59 Å². The number of benzene rings is 2. The van der Waals surface area contributed by atoms with Crippen LogP contribution in [0.5, 0.6) is 0 Å². The summed E-state index contributed by atoms with van der Waals surface area (Å²) in [6.07, 6.45) is 0.704. The lowest BCUT2D eigenvalue weighted by Crippen LogP contribution is -2.26. The van der Waals surface area contributed by atoms with Gasteiger partial charge in [-0.1, -0.05) is 18.2 Å². The van der Waals surface area contributed by atoms with E-state index >= 15 is 0 Å². The molecule has 0 heterocycles. The Hall–Kier alpha value is -2.76. The molecule has 0 aliphatic carbocycles. The van der Waals surface area contributed by atoms with Gasteiger partial charge in [0.2, 0.25) is 11.8 Å². The molecule has 6 heteroatoms. The van der Waals surface area contributed by atoms with Crippen molar-refractivity contribution in [2.24, 2.45) is 0 Å². The Morgan fingerprint density at radius 3 is 2.38 bits per heavy atom. The van der Waals surface area contributed by atoms with Crippen molar-refractivity contribution in [1.82, 2.24) is 0 Å². The van der Waals surface area contributed by atoms with Crippen molar-refractivity contribution in [2.45, 2.75) is 19.3 Å². The summed E-state index contributed by atoms with van der Waals surface area (Å²) in [5.41, 5.74) is 0.973. The summed E-state index contributed by atoms with van der Waals surface area (Å²) in [5, 5.41) is 2.47. The zero-order chi connectivity index (χ0) is 17.5. The van der Waals surface area contributed by atoms with Crippen molar-refractivity contribution in [2.75, 3.05) is 17.3 Å². The van der Waals surface area contributed by atoms with Gasteiger partial charge in [-0.15, -0.1) is 0 Å². The standard InChI is InChI=1S/C18H18F2N2O2/c1-22(14-6-3-2-4-7-14)18(24)9-5-8-17(23)21-13-10-11-15(19)16(20)12-13/h2-4,6-7,10-12H,5,8-9H2,1H3,(H,21,23). The number of nitrogens with one attached hydrogen (secondary N) is 1. The van der Waals surface area contributed by atoms with Crippen molar-refractivity contribution < 1.29 is 18.4 Å². The number of hydrogen-bond acceptors (Lipinski definition) is 2. The van der Waals surface area contributed by atoms with E-state index in [2.05, 4.69) is 5.32 Å². The van der Waals surface area contributed by atoms with Gasteiger partial charge in [-0.05, 0) is 30.7 Å². The summed E-state index contributed by atoms with van der Waals surface area (Å²) in [7, 11) is 1.68. The van der Waals surface area contributed by atoms with Gasteiger partial charge in [0.05, 0.1) is 0 Å². The number of carbonyl (C=O) groups is 2. The highest BCUT2D eigenvalue weighted by Crippen LogP contribution is 2.15. The van der Waals surface area contributed by atoms with E-state index in [4.69, 9.17) is 0 Å². The van der Waals surface area contributed by atoms with Crippen molar-refractivity contribution in [3.63, 3.8) is 0 Å². The van der Waals surface area contributed by atoms with E-state index in [9.17, 15) is 18.4 Å². The molecule has 0 radical (unpaired) electrons. The molecule has 0 aromatic heterocycles. The molecule has 0 saturated heterocycles. The molecular formula is C18H18F2N2O2. The van der Waals surface area contributed by atoms with E-state index < -0.39 is 11.6 Å². The van der Waals surface area contributed by atoms with Gasteiger partial charge in [0.1, 0.15) is 0 Å². The summed E-state index contributed by atoms with van der Waals surface area (Å²) in [6, 6.07) is 12.4. The van der Waals surface area contributed by atoms with Crippen molar-refractivity contribution in [3.8, 4) is 0 Å². The number of amides is 2. The summed E-state index contributed by atoms with van der Waals surface area (Å²) in [5.74, 6) is -2.44. The first-order valence-corrected chi connectivity index (χ1v) is 7.54. The van der Waals surface area contributed by atoms with Crippen LogP contribution < -0.4 is 10.2 Å². The van der Waals surface area contributed by atoms with E-state index in [-0.39, 0.29) is 30.3 Å². The van der Waals surface area contributed by atoms with E-state index in [1.807, 2.05) is 30.3 Å². The molecule has 4 nitrogen and oxygen atoms in total. The Morgan fingerprint density at radius 2 is 1.71 bits per heavy atom. The lowest BCUT2D eigenvalue weighted by Gasteiger charge is -2.17. The third kappa shape index (κ3) is 4.87. The van der Waals surface area contributed by atoms with Crippen LogP contribution in [0, 0.1) is 11.6 Å². The zero-order valence-electron chi connectivity index (χ0n) is 13.3. The number of para-hydroxylation sites is 1. The second-order valence-electron chi connectivity index (χ2n) is 5.32. The first-order chi connectivity index (χ1) is 11.5. The molecule has 0 aliphatic heterocycles. The second kappa shape index (κ2) is 8.19. The summed E-state index contributed by atoms with van der Waals surface area (Å²) in [4.78, 5) is 25.4. The summed E-state index contributed by atoms with van der Waals surface area (Å²) in [6.45, 7) is 0. The minimum Gasteiger partial charge on any atom is -0.326 e. The molecule has 2 aromatic carbocycles. The van der Waals surface area contributed by atoms with Crippen LogP contribution in [-0.4, -0.2) is 18.9 Å². The molecule has 2 amide bonds. The molecule has 0 saturated carbocycles. The number of halogens is 2. The van der Waals surface area contributed by atoms with E-state index in [0.717, 1.165) is 17.8 Å². The van der Waals surface area contributed by atoms with Crippen molar-refractivity contribution >= 4 is 23.2 Å². The van der Waals surface area contributed by atoms with Gasteiger partial charge in [-0.2, -0.15) is 0 Å². The first-order valence-electron chi connectivity index (χ1n) is 7.54. The summed E-state index contributed by atoms with van der Waals surface area (Å²) < 4.78 is 25.9. The average molecular weight is 332 g/mol. The van der Waals surface area contributed by atoms with Crippen LogP contribution in [0.1, 0.15) is 19.3 Å². The highest BCUT2D eigenvalue weighted by atomic mass is 19.2. The molecule has 126 valence electrons.